The molecule has 7 heteroatoms. The van der Waals surface area contributed by atoms with Crippen LogP contribution in [-0.4, -0.2) is 63.3 Å². The number of amidine groups is 1. The highest BCUT2D eigenvalue weighted by Crippen LogP contribution is 2.33. The van der Waals surface area contributed by atoms with Gasteiger partial charge in [0.2, 0.25) is 0 Å². The zero-order valence-electron chi connectivity index (χ0n) is 13.3. The number of aliphatic imine (C=N–C) groups is 1. The maximum Gasteiger partial charge on any atom is 0.276 e. The van der Waals surface area contributed by atoms with Crippen LogP contribution in [-0.2, 0) is 6.42 Å². The number of aryl methyl sites for hydroxylation is 1. The van der Waals surface area contributed by atoms with Crippen molar-refractivity contribution in [2.75, 3.05) is 32.7 Å². The first-order valence-electron chi connectivity index (χ1n) is 7.70. The Hall–Kier alpha value is -1.50. The molecular weight excluding hydrogens is 300 g/mol. The quantitative estimate of drug-likeness (QED) is 0.832. The summed E-state index contributed by atoms with van der Waals surface area (Å²) in [4.78, 5) is 25.4. The molecule has 0 bridgehead atoms. The van der Waals surface area contributed by atoms with E-state index in [-0.39, 0.29) is 10.7 Å². The third-order valence-electron chi connectivity index (χ3n) is 3.96. The van der Waals surface area contributed by atoms with Gasteiger partial charge in [-0.1, -0.05) is 18.7 Å². The molecule has 0 N–H and O–H groups in total. The number of piperazine rings is 1. The highest BCUT2D eigenvalue weighted by Gasteiger charge is 2.33. The van der Waals surface area contributed by atoms with Crippen LogP contribution in [0.1, 0.15) is 37.0 Å². The second kappa shape index (κ2) is 5.95. The van der Waals surface area contributed by atoms with Gasteiger partial charge in [0, 0.05) is 37.3 Å². The van der Waals surface area contributed by atoms with E-state index in [1.165, 1.54) is 6.39 Å². The van der Waals surface area contributed by atoms with Crippen LogP contribution in [0.15, 0.2) is 15.8 Å². The van der Waals surface area contributed by atoms with Crippen LogP contribution in [0.4, 0.5) is 0 Å². The zero-order chi connectivity index (χ0) is 15.7. The fourth-order valence-corrected chi connectivity index (χ4v) is 3.74. The van der Waals surface area contributed by atoms with Gasteiger partial charge >= 0.3 is 0 Å². The SMILES string of the molecule is CCc1ocnc1C(=O)N1CCN(C2=NCC(C)(C)S2)CC1. The molecule has 1 fully saturated rings. The van der Waals surface area contributed by atoms with Crippen LogP contribution in [0.3, 0.4) is 0 Å². The van der Waals surface area contributed by atoms with Crippen LogP contribution in [0, 0.1) is 0 Å². The molecule has 0 unspecified atom stereocenters. The Labute approximate surface area is 135 Å². The van der Waals surface area contributed by atoms with E-state index in [4.69, 9.17) is 4.42 Å². The molecule has 0 radical (unpaired) electrons. The Bertz CT molecular complexity index is 588. The van der Waals surface area contributed by atoms with Gasteiger partial charge in [-0.15, -0.1) is 0 Å². The fraction of sp³-hybridized carbons (Fsp3) is 0.667. The van der Waals surface area contributed by atoms with Crippen LogP contribution in [0.5, 0.6) is 0 Å². The number of nitrogens with zero attached hydrogens (tertiary/aromatic N) is 4. The molecule has 1 amide bonds. The van der Waals surface area contributed by atoms with Crippen molar-refractivity contribution in [1.29, 1.82) is 0 Å². The van der Waals surface area contributed by atoms with E-state index in [9.17, 15) is 4.79 Å². The first-order valence-corrected chi connectivity index (χ1v) is 8.52. The van der Waals surface area contributed by atoms with Gasteiger partial charge in [0.25, 0.3) is 5.91 Å². The van der Waals surface area contributed by atoms with Gasteiger partial charge in [0.15, 0.2) is 17.3 Å². The first kappa shape index (κ1) is 15.4. The predicted molar refractivity (Wildman–Crippen MR) is 87.3 cm³/mol. The van der Waals surface area contributed by atoms with E-state index in [0.717, 1.165) is 24.8 Å². The zero-order valence-corrected chi connectivity index (χ0v) is 14.2. The van der Waals surface area contributed by atoms with Gasteiger partial charge in [0.05, 0.1) is 6.54 Å². The van der Waals surface area contributed by atoms with E-state index in [1.807, 2.05) is 23.6 Å². The lowest BCUT2D eigenvalue weighted by Crippen LogP contribution is -2.50. The summed E-state index contributed by atoms with van der Waals surface area (Å²) < 4.78 is 5.45. The summed E-state index contributed by atoms with van der Waals surface area (Å²) in [7, 11) is 0. The van der Waals surface area contributed by atoms with Gasteiger partial charge in [0.1, 0.15) is 5.76 Å². The molecular formula is C15H22N4O2S. The summed E-state index contributed by atoms with van der Waals surface area (Å²) in [5, 5.41) is 1.12. The van der Waals surface area contributed by atoms with E-state index < -0.39 is 0 Å². The molecule has 1 aromatic heterocycles. The number of rotatable bonds is 2. The lowest BCUT2D eigenvalue weighted by Gasteiger charge is -2.35. The Morgan fingerprint density at radius 2 is 2.09 bits per heavy atom. The fourth-order valence-electron chi connectivity index (χ4n) is 2.68. The molecule has 3 heterocycles. The molecule has 3 rings (SSSR count). The lowest BCUT2D eigenvalue weighted by molar-refractivity contribution is 0.0686. The van der Waals surface area contributed by atoms with Crippen molar-refractivity contribution in [2.24, 2.45) is 4.99 Å². The Kier molecular flexibility index (Phi) is 4.16. The van der Waals surface area contributed by atoms with E-state index in [1.54, 1.807) is 0 Å². The van der Waals surface area contributed by atoms with Crippen molar-refractivity contribution in [3.8, 4) is 0 Å². The number of hydrogen-bond donors (Lipinski definition) is 0. The van der Waals surface area contributed by atoms with Crippen molar-refractivity contribution >= 4 is 22.8 Å². The van der Waals surface area contributed by atoms with Gasteiger partial charge in [-0.3, -0.25) is 9.79 Å². The molecule has 6 nitrogen and oxygen atoms in total. The highest BCUT2D eigenvalue weighted by atomic mass is 32.2. The standard InChI is InChI=1S/C15H22N4O2S/c1-4-11-12(17-10-21-11)13(20)18-5-7-19(8-6-18)14-16-9-15(2,3)22-14/h10H,4-9H2,1-3H3. The van der Waals surface area contributed by atoms with Gasteiger partial charge in [-0.05, 0) is 13.8 Å². The molecule has 120 valence electrons. The second-order valence-corrected chi connectivity index (χ2v) is 7.89. The molecule has 2 aliphatic rings. The summed E-state index contributed by atoms with van der Waals surface area (Å²) in [6, 6.07) is 0. The molecule has 1 aromatic rings. The number of amides is 1. The Balaban J connectivity index is 1.59. The number of carbonyl (C=O) groups is 1. The Morgan fingerprint density at radius 1 is 1.36 bits per heavy atom. The molecule has 0 aliphatic carbocycles. The number of oxazole rings is 1. The van der Waals surface area contributed by atoms with Gasteiger partial charge in [-0.2, -0.15) is 0 Å². The van der Waals surface area contributed by atoms with Crippen molar-refractivity contribution < 1.29 is 9.21 Å². The molecule has 0 atom stereocenters. The molecule has 0 saturated carbocycles. The maximum atomic E-state index is 12.5. The summed E-state index contributed by atoms with van der Waals surface area (Å²) in [5.41, 5.74) is 0.463. The number of aromatic nitrogens is 1. The highest BCUT2D eigenvalue weighted by molar-refractivity contribution is 8.15. The Morgan fingerprint density at radius 3 is 2.68 bits per heavy atom. The van der Waals surface area contributed by atoms with E-state index in [0.29, 0.717) is 31.0 Å². The largest absolute Gasteiger partial charge is 0.448 e. The normalized spacial score (nSPS) is 21.1. The minimum atomic E-state index is -0.0217. The smallest absolute Gasteiger partial charge is 0.276 e. The lowest BCUT2D eigenvalue weighted by atomic mass is 10.2. The van der Waals surface area contributed by atoms with Gasteiger partial charge in [-0.25, -0.2) is 4.98 Å². The first-order chi connectivity index (χ1) is 10.5. The van der Waals surface area contributed by atoms with Crippen LogP contribution in [0.25, 0.3) is 0 Å². The maximum absolute atomic E-state index is 12.5. The van der Waals surface area contributed by atoms with Crippen molar-refractivity contribution in [1.82, 2.24) is 14.8 Å². The van der Waals surface area contributed by atoms with Crippen LogP contribution in [0.2, 0.25) is 0 Å². The minimum Gasteiger partial charge on any atom is -0.448 e. The summed E-state index contributed by atoms with van der Waals surface area (Å²) in [5.74, 6) is 0.650. The average molecular weight is 322 g/mol. The second-order valence-electron chi connectivity index (χ2n) is 6.22. The van der Waals surface area contributed by atoms with Crippen molar-refractivity contribution in [2.45, 2.75) is 31.9 Å². The summed E-state index contributed by atoms with van der Waals surface area (Å²) >= 11 is 1.83. The predicted octanol–water partition coefficient (Wildman–Crippen LogP) is 1.88. The number of hydrogen-bond acceptors (Lipinski definition) is 6. The molecule has 22 heavy (non-hydrogen) atoms. The summed E-state index contributed by atoms with van der Waals surface area (Å²) in [6.45, 7) is 10.3. The van der Waals surface area contributed by atoms with Crippen LogP contribution >= 0.6 is 11.8 Å². The third-order valence-corrected chi connectivity index (χ3v) is 5.22. The molecule has 0 aromatic carbocycles. The van der Waals surface area contributed by atoms with Crippen molar-refractivity contribution in [3.05, 3.63) is 17.8 Å². The molecule has 2 aliphatic heterocycles. The van der Waals surface area contributed by atoms with Crippen LogP contribution < -0.4 is 0 Å². The van der Waals surface area contributed by atoms with Crippen molar-refractivity contribution in [3.63, 3.8) is 0 Å². The number of carbonyl (C=O) groups excluding carboxylic acids is 1. The molecule has 1 saturated heterocycles. The minimum absolute atomic E-state index is 0.0217. The molecule has 0 spiro atoms. The number of thioether (sulfide) groups is 1. The average Bonchev–Trinajstić information content (AvgIpc) is 3.12. The van der Waals surface area contributed by atoms with E-state index in [2.05, 4.69) is 28.7 Å². The third kappa shape index (κ3) is 2.99. The van der Waals surface area contributed by atoms with Gasteiger partial charge < -0.3 is 14.2 Å². The van der Waals surface area contributed by atoms with E-state index >= 15 is 0 Å². The topological polar surface area (TPSA) is 61.9 Å². The monoisotopic (exact) mass is 322 g/mol. The summed E-state index contributed by atoms with van der Waals surface area (Å²) in [6.07, 6.45) is 2.04.